The van der Waals surface area contributed by atoms with Crippen molar-refractivity contribution in [1.29, 1.82) is 0 Å². The van der Waals surface area contributed by atoms with Crippen LogP contribution in [0.2, 0.25) is 0 Å². The molecule has 1 aliphatic heterocycles. The van der Waals surface area contributed by atoms with Crippen molar-refractivity contribution < 1.29 is 14.3 Å². The molecular weight excluding hydrogens is 221 g/mol. The van der Waals surface area contributed by atoms with E-state index in [1.807, 2.05) is 4.90 Å². The number of anilines is 1. The number of piperidine rings is 1. The number of aromatic carboxylic acids is 1. The maximum atomic E-state index is 13.5. The van der Waals surface area contributed by atoms with Crippen LogP contribution in [-0.4, -0.2) is 24.2 Å². The fraction of sp³-hybridized carbons (Fsp3) is 0.462. The Morgan fingerprint density at radius 1 is 1.41 bits per heavy atom. The van der Waals surface area contributed by atoms with Gasteiger partial charge in [0, 0.05) is 13.1 Å². The fourth-order valence-electron chi connectivity index (χ4n) is 2.24. The van der Waals surface area contributed by atoms with Gasteiger partial charge in [0.15, 0.2) is 0 Å². The average molecular weight is 237 g/mol. The van der Waals surface area contributed by atoms with Gasteiger partial charge < -0.3 is 10.0 Å². The molecule has 0 atom stereocenters. The van der Waals surface area contributed by atoms with Crippen LogP contribution in [0.4, 0.5) is 10.1 Å². The van der Waals surface area contributed by atoms with Crippen LogP contribution < -0.4 is 4.90 Å². The summed E-state index contributed by atoms with van der Waals surface area (Å²) in [6.07, 6.45) is 2.05. The predicted molar refractivity (Wildman–Crippen MR) is 64.0 cm³/mol. The zero-order valence-electron chi connectivity index (χ0n) is 9.82. The maximum Gasteiger partial charge on any atom is 0.340 e. The van der Waals surface area contributed by atoms with Crippen molar-refractivity contribution in [3.8, 4) is 0 Å². The van der Waals surface area contributed by atoms with E-state index >= 15 is 0 Å². The minimum Gasteiger partial charge on any atom is -0.478 e. The molecule has 1 aliphatic rings. The monoisotopic (exact) mass is 237 g/mol. The lowest BCUT2D eigenvalue weighted by atomic mass is 9.98. The molecule has 0 aliphatic carbocycles. The average Bonchev–Trinajstić information content (AvgIpc) is 2.29. The number of rotatable bonds is 2. The second-order valence-electron chi connectivity index (χ2n) is 4.61. The highest BCUT2D eigenvalue weighted by Crippen LogP contribution is 2.27. The normalized spacial score (nSPS) is 17.2. The lowest BCUT2D eigenvalue weighted by molar-refractivity contribution is 0.0692. The summed E-state index contributed by atoms with van der Waals surface area (Å²) in [7, 11) is 0. The van der Waals surface area contributed by atoms with Gasteiger partial charge >= 0.3 is 5.97 Å². The molecule has 17 heavy (non-hydrogen) atoms. The van der Waals surface area contributed by atoms with Crippen molar-refractivity contribution in [1.82, 2.24) is 0 Å². The Hall–Kier alpha value is -1.58. The molecule has 0 bridgehead atoms. The molecule has 1 N–H and O–H groups in total. The molecule has 0 aromatic heterocycles. The lowest BCUT2D eigenvalue weighted by Crippen LogP contribution is -2.34. The molecule has 0 unspecified atom stereocenters. The molecule has 3 nitrogen and oxygen atoms in total. The van der Waals surface area contributed by atoms with Gasteiger partial charge in [0.25, 0.3) is 0 Å². The largest absolute Gasteiger partial charge is 0.478 e. The molecule has 0 amide bonds. The van der Waals surface area contributed by atoms with Gasteiger partial charge in [0.1, 0.15) is 11.4 Å². The second kappa shape index (κ2) is 4.73. The van der Waals surface area contributed by atoms with Crippen LogP contribution in [0.15, 0.2) is 18.2 Å². The minimum atomic E-state index is -1.20. The van der Waals surface area contributed by atoms with E-state index in [0.29, 0.717) is 11.6 Å². The summed E-state index contributed by atoms with van der Waals surface area (Å²) in [5.74, 6) is -1.20. The number of nitrogens with zero attached hydrogens (tertiary/aromatic N) is 1. The van der Waals surface area contributed by atoms with E-state index in [2.05, 4.69) is 6.92 Å². The summed E-state index contributed by atoms with van der Waals surface area (Å²) in [5, 5.41) is 9.06. The lowest BCUT2D eigenvalue weighted by Gasteiger charge is -2.33. The van der Waals surface area contributed by atoms with Crippen molar-refractivity contribution in [3.05, 3.63) is 29.6 Å². The van der Waals surface area contributed by atoms with E-state index in [1.165, 1.54) is 6.07 Å². The molecule has 4 heteroatoms. The van der Waals surface area contributed by atoms with Gasteiger partial charge in [0.2, 0.25) is 0 Å². The maximum absolute atomic E-state index is 13.5. The fourth-order valence-corrected chi connectivity index (χ4v) is 2.24. The van der Waals surface area contributed by atoms with E-state index in [-0.39, 0.29) is 5.56 Å². The van der Waals surface area contributed by atoms with Gasteiger partial charge in [-0.05, 0) is 30.9 Å². The van der Waals surface area contributed by atoms with E-state index < -0.39 is 11.8 Å². The number of halogens is 1. The Morgan fingerprint density at radius 3 is 2.65 bits per heavy atom. The van der Waals surface area contributed by atoms with Crippen LogP contribution in [0.5, 0.6) is 0 Å². The van der Waals surface area contributed by atoms with Crippen LogP contribution >= 0.6 is 0 Å². The van der Waals surface area contributed by atoms with Crippen LogP contribution in [0.3, 0.4) is 0 Å². The summed E-state index contributed by atoms with van der Waals surface area (Å²) in [6, 6.07) is 4.44. The van der Waals surface area contributed by atoms with Crippen molar-refractivity contribution in [2.75, 3.05) is 18.0 Å². The highest BCUT2D eigenvalue weighted by Gasteiger charge is 2.23. The number of benzene rings is 1. The number of carboxylic acids is 1. The molecule has 0 radical (unpaired) electrons. The topological polar surface area (TPSA) is 40.5 Å². The van der Waals surface area contributed by atoms with Crippen LogP contribution in [0.1, 0.15) is 30.1 Å². The van der Waals surface area contributed by atoms with Gasteiger partial charge in [0.05, 0.1) is 5.69 Å². The molecule has 1 aromatic carbocycles. The molecule has 0 spiro atoms. The Bertz CT molecular complexity index is 425. The van der Waals surface area contributed by atoms with E-state index in [4.69, 9.17) is 5.11 Å². The van der Waals surface area contributed by atoms with Crippen LogP contribution in [-0.2, 0) is 0 Å². The molecule has 0 saturated carbocycles. The second-order valence-corrected chi connectivity index (χ2v) is 4.61. The highest BCUT2D eigenvalue weighted by atomic mass is 19.1. The first-order valence-corrected chi connectivity index (χ1v) is 5.86. The molecule has 1 fully saturated rings. The van der Waals surface area contributed by atoms with Crippen molar-refractivity contribution >= 4 is 11.7 Å². The number of hydrogen-bond acceptors (Lipinski definition) is 2. The van der Waals surface area contributed by atoms with Crippen LogP contribution in [0.25, 0.3) is 0 Å². The Morgan fingerprint density at radius 2 is 2.06 bits per heavy atom. The minimum absolute atomic E-state index is 0.206. The van der Waals surface area contributed by atoms with Crippen LogP contribution in [0, 0.1) is 11.7 Å². The summed E-state index contributed by atoms with van der Waals surface area (Å²) in [4.78, 5) is 13.0. The van der Waals surface area contributed by atoms with E-state index in [1.54, 1.807) is 12.1 Å². The number of carboxylic acid groups (broad SMARTS) is 1. The zero-order valence-corrected chi connectivity index (χ0v) is 9.82. The van der Waals surface area contributed by atoms with Gasteiger partial charge in [-0.1, -0.05) is 13.0 Å². The first-order chi connectivity index (χ1) is 8.09. The first-order valence-electron chi connectivity index (χ1n) is 5.86. The van der Waals surface area contributed by atoms with Gasteiger partial charge in [-0.2, -0.15) is 0 Å². The Balaban J connectivity index is 2.32. The van der Waals surface area contributed by atoms with Crippen molar-refractivity contribution in [3.63, 3.8) is 0 Å². The van der Waals surface area contributed by atoms with E-state index in [9.17, 15) is 9.18 Å². The first kappa shape index (κ1) is 11.9. The van der Waals surface area contributed by atoms with Crippen molar-refractivity contribution in [2.45, 2.75) is 19.8 Å². The third-order valence-electron chi connectivity index (χ3n) is 3.33. The summed E-state index contributed by atoms with van der Waals surface area (Å²) < 4.78 is 13.5. The Labute approximate surface area is 99.9 Å². The quantitative estimate of drug-likeness (QED) is 0.859. The van der Waals surface area contributed by atoms with E-state index in [0.717, 1.165) is 25.9 Å². The Kier molecular flexibility index (Phi) is 3.31. The molecule has 1 aromatic rings. The molecule has 1 saturated heterocycles. The summed E-state index contributed by atoms with van der Waals surface area (Å²) in [5.41, 5.74) is 0.298. The third kappa shape index (κ3) is 2.40. The van der Waals surface area contributed by atoms with Gasteiger partial charge in [-0.15, -0.1) is 0 Å². The molecule has 92 valence electrons. The molecule has 1 heterocycles. The third-order valence-corrected chi connectivity index (χ3v) is 3.33. The number of carbonyl (C=O) groups is 1. The smallest absolute Gasteiger partial charge is 0.340 e. The van der Waals surface area contributed by atoms with Gasteiger partial charge in [-0.3, -0.25) is 0 Å². The molecular formula is C13H16FNO2. The summed E-state index contributed by atoms with van der Waals surface area (Å²) in [6.45, 7) is 3.77. The zero-order chi connectivity index (χ0) is 12.4. The van der Waals surface area contributed by atoms with Gasteiger partial charge in [-0.25, -0.2) is 9.18 Å². The SMILES string of the molecule is CC1CCN(c2cccc(F)c2C(=O)O)CC1. The standard InChI is InChI=1S/C13H16FNO2/c1-9-5-7-15(8-6-9)11-4-2-3-10(14)12(11)13(16)17/h2-4,9H,5-8H2,1H3,(H,16,17). The number of hydrogen-bond donors (Lipinski definition) is 1. The highest BCUT2D eigenvalue weighted by molar-refractivity contribution is 5.94. The van der Waals surface area contributed by atoms with Crippen molar-refractivity contribution in [2.24, 2.45) is 5.92 Å². The summed E-state index contributed by atoms with van der Waals surface area (Å²) >= 11 is 0. The molecule has 2 rings (SSSR count). The predicted octanol–water partition coefficient (Wildman–Crippen LogP) is 2.76.